The van der Waals surface area contributed by atoms with Crippen molar-refractivity contribution in [2.24, 2.45) is 0 Å². The second-order valence-corrected chi connectivity index (χ2v) is 5.31. The summed E-state index contributed by atoms with van der Waals surface area (Å²) in [5.41, 5.74) is 1.46. The van der Waals surface area contributed by atoms with Crippen molar-refractivity contribution in [2.75, 3.05) is 19.6 Å². The van der Waals surface area contributed by atoms with Gasteiger partial charge < -0.3 is 5.32 Å². The average Bonchev–Trinajstić information content (AvgIpc) is 2.36. The predicted octanol–water partition coefficient (Wildman–Crippen LogP) is 2.15. The normalized spacial score (nSPS) is 29.2. The van der Waals surface area contributed by atoms with E-state index < -0.39 is 0 Å². The van der Waals surface area contributed by atoms with Gasteiger partial charge in [-0.3, -0.25) is 4.90 Å². The number of hydrogen-bond acceptors (Lipinski definition) is 2. The van der Waals surface area contributed by atoms with E-state index in [0.29, 0.717) is 5.54 Å². The van der Waals surface area contributed by atoms with Gasteiger partial charge in [0.05, 0.1) is 0 Å². The van der Waals surface area contributed by atoms with Gasteiger partial charge in [-0.2, -0.15) is 0 Å². The van der Waals surface area contributed by atoms with E-state index in [4.69, 9.17) is 0 Å². The molecule has 1 atom stereocenters. The molecule has 3 heteroatoms. The third-order valence-electron chi connectivity index (χ3n) is 4.23. The van der Waals surface area contributed by atoms with E-state index in [9.17, 15) is 4.39 Å². The quantitative estimate of drug-likeness (QED) is 0.843. The third kappa shape index (κ3) is 2.09. The van der Waals surface area contributed by atoms with E-state index in [1.54, 1.807) is 12.1 Å². The fraction of sp³-hybridized carbons (Fsp3) is 0.571. The minimum Gasteiger partial charge on any atom is -0.315 e. The number of nitrogens with zero attached hydrogens (tertiary/aromatic N) is 1. The molecule has 3 rings (SSSR count). The molecule has 17 heavy (non-hydrogen) atoms. The van der Waals surface area contributed by atoms with Crippen LogP contribution in [0.3, 0.4) is 0 Å². The summed E-state index contributed by atoms with van der Waals surface area (Å²) in [6.07, 6.45) is 3.84. The highest BCUT2D eigenvalue weighted by Crippen LogP contribution is 2.37. The molecule has 0 aliphatic carbocycles. The first kappa shape index (κ1) is 11.2. The SMILES string of the molecule is Fc1cccc(CN2CCC23CCCNC3)c1. The van der Waals surface area contributed by atoms with Gasteiger partial charge in [-0.25, -0.2) is 4.39 Å². The van der Waals surface area contributed by atoms with Crippen LogP contribution < -0.4 is 5.32 Å². The second-order valence-electron chi connectivity index (χ2n) is 5.31. The van der Waals surface area contributed by atoms with Gasteiger partial charge in [0.15, 0.2) is 0 Å². The standard InChI is InChI=1S/C14H19FN2/c15-13-4-1-3-12(9-13)10-17-8-6-14(17)5-2-7-16-11-14/h1,3-4,9,16H,2,5-8,10-11H2. The molecule has 92 valence electrons. The Labute approximate surface area is 102 Å². The maximum Gasteiger partial charge on any atom is 0.123 e. The summed E-state index contributed by atoms with van der Waals surface area (Å²) in [5.74, 6) is -0.126. The molecule has 2 fully saturated rings. The van der Waals surface area contributed by atoms with E-state index >= 15 is 0 Å². The first-order valence-corrected chi connectivity index (χ1v) is 6.49. The summed E-state index contributed by atoms with van der Waals surface area (Å²) in [7, 11) is 0. The van der Waals surface area contributed by atoms with Crippen molar-refractivity contribution < 1.29 is 4.39 Å². The maximum atomic E-state index is 13.1. The number of rotatable bonds is 2. The Hall–Kier alpha value is -0.930. The number of nitrogens with one attached hydrogen (secondary N) is 1. The number of piperidine rings is 1. The van der Waals surface area contributed by atoms with Crippen molar-refractivity contribution >= 4 is 0 Å². The molecule has 0 amide bonds. The molecule has 0 saturated carbocycles. The summed E-state index contributed by atoms with van der Waals surface area (Å²) in [6, 6.07) is 6.99. The summed E-state index contributed by atoms with van der Waals surface area (Å²) in [4.78, 5) is 2.51. The van der Waals surface area contributed by atoms with E-state index in [2.05, 4.69) is 10.2 Å². The zero-order valence-electron chi connectivity index (χ0n) is 10.1. The van der Waals surface area contributed by atoms with Crippen LogP contribution >= 0.6 is 0 Å². The molecule has 2 saturated heterocycles. The molecule has 1 aromatic rings. The van der Waals surface area contributed by atoms with E-state index in [1.807, 2.05) is 6.07 Å². The average molecular weight is 234 g/mol. The highest BCUT2D eigenvalue weighted by atomic mass is 19.1. The molecule has 1 spiro atoms. The molecule has 0 bridgehead atoms. The summed E-state index contributed by atoms with van der Waals surface area (Å²) in [6.45, 7) is 4.29. The largest absolute Gasteiger partial charge is 0.315 e. The number of hydrogen-bond donors (Lipinski definition) is 1. The Bertz CT molecular complexity index is 399. The topological polar surface area (TPSA) is 15.3 Å². The van der Waals surface area contributed by atoms with Crippen molar-refractivity contribution in [3.63, 3.8) is 0 Å². The van der Waals surface area contributed by atoms with Gasteiger partial charge in [-0.15, -0.1) is 0 Å². The molecule has 2 aliphatic heterocycles. The van der Waals surface area contributed by atoms with Gasteiger partial charge in [-0.05, 0) is 43.5 Å². The van der Waals surface area contributed by atoms with Crippen LogP contribution in [0.4, 0.5) is 4.39 Å². The van der Waals surface area contributed by atoms with Crippen LogP contribution in [0.25, 0.3) is 0 Å². The Morgan fingerprint density at radius 2 is 2.29 bits per heavy atom. The highest BCUT2D eigenvalue weighted by Gasteiger charge is 2.44. The number of likely N-dealkylation sites (tertiary alicyclic amines) is 1. The Morgan fingerprint density at radius 3 is 2.94 bits per heavy atom. The zero-order chi connectivity index (χ0) is 11.7. The smallest absolute Gasteiger partial charge is 0.123 e. The predicted molar refractivity (Wildman–Crippen MR) is 66.3 cm³/mol. The van der Waals surface area contributed by atoms with Crippen molar-refractivity contribution in [1.82, 2.24) is 10.2 Å². The van der Waals surface area contributed by atoms with Gasteiger partial charge in [0.2, 0.25) is 0 Å². The molecule has 1 aromatic carbocycles. The van der Waals surface area contributed by atoms with Crippen molar-refractivity contribution in [1.29, 1.82) is 0 Å². The van der Waals surface area contributed by atoms with Crippen molar-refractivity contribution in [2.45, 2.75) is 31.3 Å². The van der Waals surface area contributed by atoms with Gasteiger partial charge >= 0.3 is 0 Å². The van der Waals surface area contributed by atoms with E-state index in [-0.39, 0.29) is 5.82 Å². The second kappa shape index (κ2) is 4.39. The Kier molecular flexibility index (Phi) is 2.89. The molecular formula is C14H19FN2. The van der Waals surface area contributed by atoms with E-state index in [1.165, 1.54) is 25.3 Å². The molecule has 2 aliphatic rings. The van der Waals surface area contributed by atoms with Gasteiger partial charge in [0, 0.05) is 25.2 Å². The van der Waals surface area contributed by atoms with Crippen molar-refractivity contribution in [3.8, 4) is 0 Å². The summed E-state index contributed by atoms with van der Waals surface area (Å²) in [5, 5.41) is 3.49. The minimum atomic E-state index is -0.126. The number of halogens is 1. The molecular weight excluding hydrogens is 215 g/mol. The van der Waals surface area contributed by atoms with Crippen molar-refractivity contribution in [3.05, 3.63) is 35.6 Å². The van der Waals surface area contributed by atoms with Crippen LogP contribution in [-0.2, 0) is 6.54 Å². The lowest BCUT2D eigenvalue weighted by Gasteiger charge is -2.55. The van der Waals surface area contributed by atoms with Crippen LogP contribution in [0.2, 0.25) is 0 Å². The molecule has 2 nitrogen and oxygen atoms in total. The van der Waals surface area contributed by atoms with Gasteiger partial charge in [0.1, 0.15) is 5.82 Å². The Morgan fingerprint density at radius 1 is 1.35 bits per heavy atom. The first-order chi connectivity index (χ1) is 8.28. The van der Waals surface area contributed by atoms with Crippen LogP contribution in [0.15, 0.2) is 24.3 Å². The summed E-state index contributed by atoms with van der Waals surface area (Å²) >= 11 is 0. The molecule has 0 radical (unpaired) electrons. The fourth-order valence-corrected chi connectivity index (χ4v) is 3.12. The molecule has 1 N–H and O–H groups in total. The fourth-order valence-electron chi connectivity index (χ4n) is 3.12. The minimum absolute atomic E-state index is 0.126. The highest BCUT2D eigenvalue weighted by molar-refractivity contribution is 5.18. The van der Waals surface area contributed by atoms with Crippen LogP contribution in [0.5, 0.6) is 0 Å². The molecule has 2 heterocycles. The van der Waals surface area contributed by atoms with Gasteiger partial charge in [-0.1, -0.05) is 12.1 Å². The van der Waals surface area contributed by atoms with Crippen LogP contribution in [0, 0.1) is 5.82 Å². The Balaban J connectivity index is 1.69. The zero-order valence-corrected chi connectivity index (χ0v) is 10.1. The van der Waals surface area contributed by atoms with Gasteiger partial charge in [0.25, 0.3) is 0 Å². The van der Waals surface area contributed by atoms with Crippen LogP contribution in [-0.4, -0.2) is 30.1 Å². The lowest BCUT2D eigenvalue weighted by molar-refractivity contribution is -0.0386. The lowest BCUT2D eigenvalue weighted by atomic mass is 9.78. The first-order valence-electron chi connectivity index (χ1n) is 6.49. The third-order valence-corrected chi connectivity index (χ3v) is 4.23. The van der Waals surface area contributed by atoms with E-state index in [0.717, 1.165) is 31.7 Å². The lowest BCUT2D eigenvalue weighted by Crippen LogP contribution is -2.65. The van der Waals surface area contributed by atoms with Crippen LogP contribution in [0.1, 0.15) is 24.8 Å². The summed E-state index contributed by atoms with van der Waals surface area (Å²) < 4.78 is 13.1. The maximum absolute atomic E-state index is 13.1. The number of benzene rings is 1. The molecule has 0 aromatic heterocycles. The monoisotopic (exact) mass is 234 g/mol. The molecule has 1 unspecified atom stereocenters.